The number of piperazine rings is 1. The lowest BCUT2D eigenvalue weighted by molar-refractivity contribution is 0.312. The number of hydrogen-bond acceptors (Lipinski definition) is 5. The van der Waals surface area contributed by atoms with Gasteiger partial charge in [-0.2, -0.15) is 0 Å². The highest BCUT2D eigenvalue weighted by atomic mass is 16.5. The third kappa shape index (κ3) is 6.35. The van der Waals surface area contributed by atoms with Gasteiger partial charge in [-0.05, 0) is 44.7 Å². The molecule has 30 heavy (non-hydrogen) atoms. The number of aromatic nitrogens is 1. The molecular formula is C23H34N6O. The molecule has 0 spiro atoms. The molecule has 2 aromatic rings. The van der Waals surface area contributed by atoms with Gasteiger partial charge in [-0.25, -0.2) is 9.98 Å². The summed E-state index contributed by atoms with van der Waals surface area (Å²) in [7, 11) is 2.16. The van der Waals surface area contributed by atoms with Crippen molar-refractivity contribution in [2.24, 2.45) is 4.99 Å². The highest BCUT2D eigenvalue weighted by Gasteiger charge is 2.15. The molecule has 7 nitrogen and oxygen atoms in total. The average molecular weight is 411 g/mol. The summed E-state index contributed by atoms with van der Waals surface area (Å²) in [4.78, 5) is 14.0. The van der Waals surface area contributed by atoms with Crippen molar-refractivity contribution in [1.82, 2.24) is 20.5 Å². The van der Waals surface area contributed by atoms with E-state index in [2.05, 4.69) is 51.5 Å². The Hall–Kier alpha value is -2.80. The van der Waals surface area contributed by atoms with Gasteiger partial charge in [-0.1, -0.05) is 18.2 Å². The number of hydrogen-bond donors (Lipinski definition) is 2. The molecule has 162 valence electrons. The lowest BCUT2D eigenvalue weighted by Crippen LogP contribution is -2.44. The Kier molecular flexibility index (Phi) is 8.32. The zero-order valence-corrected chi connectivity index (χ0v) is 18.4. The molecule has 0 bridgehead atoms. The first kappa shape index (κ1) is 21.9. The van der Waals surface area contributed by atoms with Crippen molar-refractivity contribution in [2.45, 2.75) is 26.9 Å². The van der Waals surface area contributed by atoms with E-state index < -0.39 is 0 Å². The third-order valence-corrected chi connectivity index (χ3v) is 5.12. The van der Waals surface area contributed by atoms with Gasteiger partial charge in [0.25, 0.3) is 0 Å². The molecule has 0 aliphatic carbocycles. The van der Waals surface area contributed by atoms with E-state index in [1.807, 2.05) is 37.4 Å². The Morgan fingerprint density at radius 1 is 1.10 bits per heavy atom. The van der Waals surface area contributed by atoms with Gasteiger partial charge in [0.15, 0.2) is 5.96 Å². The molecule has 3 rings (SSSR count). The molecule has 0 radical (unpaired) electrons. The highest BCUT2D eigenvalue weighted by Crippen LogP contribution is 2.18. The average Bonchev–Trinajstić information content (AvgIpc) is 2.77. The number of aliphatic imine (C=N–C) groups is 1. The molecule has 1 fully saturated rings. The summed E-state index contributed by atoms with van der Waals surface area (Å²) in [6.07, 6.45) is 1.89. The number of benzene rings is 1. The van der Waals surface area contributed by atoms with Gasteiger partial charge < -0.3 is 25.2 Å². The van der Waals surface area contributed by atoms with Crippen molar-refractivity contribution < 1.29 is 4.74 Å². The zero-order valence-electron chi connectivity index (χ0n) is 18.4. The lowest BCUT2D eigenvalue weighted by Gasteiger charge is -2.33. The van der Waals surface area contributed by atoms with E-state index >= 15 is 0 Å². The largest absolute Gasteiger partial charge is 0.494 e. The molecule has 0 saturated carbocycles. The number of likely N-dealkylation sites (N-methyl/N-ethyl adjacent to an activating group) is 1. The molecule has 1 aliphatic rings. The van der Waals surface area contributed by atoms with Crippen molar-refractivity contribution in [2.75, 3.05) is 51.3 Å². The molecule has 0 amide bonds. The van der Waals surface area contributed by atoms with E-state index in [1.54, 1.807) is 0 Å². The van der Waals surface area contributed by atoms with Gasteiger partial charge in [0.1, 0.15) is 11.6 Å². The van der Waals surface area contributed by atoms with E-state index in [1.165, 1.54) is 0 Å². The number of guanidine groups is 1. The van der Waals surface area contributed by atoms with E-state index in [0.29, 0.717) is 19.7 Å². The molecule has 0 unspecified atom stereocenters. The van der Waals surface area contributed by atoms with Gasteiger partial charge in [0.2, 0.25) is 0 Å². The number of anilines is 1. The summed E-state index contributed by atoms with van der Waals surface area (Å²) in [5.74, 6) is 2.75. The fourth-order valence-electron chi connectivity index (χ4n) is 3.40. The Morgan fingerprint density at radius 2 is 1.90 bits per heavy atom. The predicted molar refractivity (Wildman–Crippen MR) is 123 cm³/mol. The van der Waals surface area contributed by atoms with Gasteiger partial charge in [-0.3, -0.25) is 0 Å². The monoisotopic (exact) mass is 410 g/mol. The van der Waals surface area contributed by atoms with Crippen LogP contribution in [0.3, 0.4) is 0 Å². The Bertz CT molecular complexity index is 817. The quantitative estimate of drug-likeness (QED) is 0.515. The zero-order chi connectivity index (χ0) is 21.2. The van der Waals surface area contributed by atoms with Crippen LogP contribution in [0.5, 0.6) is 5.75 Å². The molecular weight excluding hydrogens is 376 g/mol. The van der Waals surface area contributed by atoms with E-state index in [9.17, 15) is 0 Å². The molecule has 1 saturated heterocycles. The molecule has 2 N–H and O–H groups in total. The maximum absolute atomic E-state index is 5.72. The predicted octanol–water partition coefficient (Wildman–Crippen LogP) is 2.49. The summed E-state index contributed by atoms with van der Waals surface area (Å²) < 4.78 is 5.72. The summed E-state index contributed by atoms with van der Waals surface area (Å²) in [5, 5.41) is 6.74. The Morgan fingerprint density at radius 3 is 2.67 bits per heavy atom. The second-order valence-electron chi connectivity index (χ2n) is 7.40. The summed E-state index contributed by atoms with van der Waals surface area (Å²) in [6.45, 7) is 11.0. The van der Waals surface area contributed by atoms with Gasteiger partial charge >= 0.3 is 0 Å². The van der Waals surface area contributed by atoms with Crippen LogP contribution in [0, 0.1) is 0 Å². The summed E-state index contributed by atoms with van der Waals surface area (Å²) >= 11 is 0. The minimum absolute atomic E-state index is 0.603. The third-order valence-electron chi connectivity index (χ3n) is 5.12. The summed E-state index contributed by atoms with van der Waals surface area (Å²) in [6, 6.07) is 12.3. The molecule has 1 aromatic carbocycles. The molecule has 2 heterocycles. The summed E-state index contributed by atoms with van der Waals surface area (Å²) in [5.41, 5.74) is 2.28. The number of pyridine rings is 1. The topological polar surface area (TPSA) is 65.0 Å². The standard InChI is InChI=1S/C23H34N6O/c1-4-24-23(27-18-20-8-6-7-9-21(20)30-5-2)26-17-19-10-11-25-22(16-19)29-14-12-28(3)13-15-29/h6-11,16H,4-5,12-15,17-18H2,1-3H3,(H2,24,26,27). The van der Waals surface area contributed by atoms with Gasteiger partial charge in [0, 0.05) is 51.0 Å². The maximum atomic E-state index is 5.72. The van der Waals surface area contributed by atoms with Crippen LogP contribution in [0.15, 0.2) is 47.6 Å². The van der Waals surface area contributed by atoms with Crippen LogP contribution in [-0.2, 0) is 13.1 Å². The first-order valence-electron chi connectivity index (χ1n) is 10.8. The van der Waals surface area contributed by atoms with Crippen molar-refractivity contribution in [1.29, 1.82) is 0 Å². The van der Waals surface area contributed by atoms with Crippen LogP contribution >= 0.6 is 0 Å². The SMILES string of the molecule is CCNC(=NCc1ccnc(N2CCN(C)CC2)c1)NCc1ccccc1OCC. The normalized spacial score (nSPS) is 15.2. The molecule has 1 aromatic heterocycles. The number of rotatable bonds is 8. The van der Waals surface area contributed by atoms with Crippen molar-refractivity contribution in [3.8, 4) is 5.75 Å². The smallest absolute Gasteiger partial charge is 0.191 e. The number of nitrogens with zero attached hydrogens (tertiary/aromatic N) is 4. The number of para-hydroxylation sites is 1. The maximum Gasteiger partial charge on any atom is 0.191 e. The van der Waals surface area contributed by atoms with E-state index in [0.717, 1.165) is 61.4 Å². The van der Waals surface area contributed by atoms with Crippen molar-refractivity contribution in [3.05, 3.63) is 53.7 Å². The van der Waals surface area contributed by atoms with Crippen LogP contribution in [0.25, 0.3) is 0 Å². The fourth-order valence-corrected chi connectivity index (χ4v) is 3.40. The van der Waals surface area contributed by atoms with Crippen LogP contribution < -0.4 is 20.3 Å². The second-order valence-corrected chi connectivity index (χ2v) is 7.40. The van der Waals surface area contributed by atoms with Crippen molar-refractivity contribution >= 4 is 11.8 Å². The Balaban J connectivity index is 1.63. The first-order valence-corrected chi connectivity index (χ1v) is 10.8. The van der Waals surface area contributed by atoms with Crippen LogP contribution in [0.2, 0.25) is 0 Å². The van der Waals surface area contributed by atoms with Gasteiger partial charge in [-0.15, -0.1) is 0 Å². The number of ether oxygens (including phenoxy) is 1. The van der Waals surface area contributed by atoms with Crippen LogP contribution in [0.1, 0.15) is 25.0 Å². The minimum Gasteiger partial charge on any atom is -0.494 e. The van der Waals surface area contributed by atoms with Crippen LogP contribution in [0.4, 0.5) is 5.82 Å². The minimum atomic E-state index is 0.603. The molecule has 1 aliphatic heterocycles. The lowest BCUT2D eigenvalue weighted by atomic mass is 10.2. The van der Waals surface area contributed by atoms with Gasteiger partial charge in [0.05, 0.1) is 13.2 Å². The first-order chi connectivity index (χ1) is 14.7. The molecule has 0 atom stereocenters. The highest BCUT2D eigenvalue weighted by molar-refractivity contribution is 5.79. The van der Waals surface area contributed by atoms with E-state index in [-0.39, 0.29) is 0 Å². The number of nitrogens with one attached hydrogen (secondary N) is 2. The second kappa shape index (κ2) is 11.4. The Labute approximate surface area is 180 Å². The van der Waals surface area contributed by atoms with Crippen LogP contribution in [-0.4, -0.2) is 62.2 Å². The molecule has 7 heteroatoms. The fraction of sp³-hybridized carbons (Fsp3) is 0.478. The van der Waals surface area contributed by atoms with E-state index in [4.69, 9.17) is 9.73 Å². The van der Waals surface area contributed by atoms with Crippen molar-refractivity contribution in [3.63, 3.8) is 0 Å².